The molecular weight excluding hydrogens is 386 g/mol. The standard InChI is InChI=1S/C26H23N3O2/c1-20-12-15-24(29(20)23-10-6-3-7-11-23)18-27-28-26(30)19-31-25-16-13-22(14-17-25)21-8-4-2-5-9-21/h2-18H,19H2,1H3,(H,28,30)/b27-18-. The third kappa shape index (κ3) is 5.08. The number of aryl methyl sites for hydroxylation is 1. The van der Waals surface area contributed by atoms with Crippen molar-refractivity contribution in [3.8, 4) is 22.6 Å². The van der Waals surface area contributed by atoms with Crippen molar-refractivity contribution in [3.05, 3.63) is 108 Å². The van der Waals surface area contributed by atoms with Crippen LogP contribution < -0.4 is 10.2 Å². The first-order chi connectivity index (χ1) is 15.2. The van der Waals surface area contributed by atoms with Crippen molar-refractivity contribution in [2.45, 2.75) is 6.92 Å². The third-order valence-electron chi connectivity index (χ3n) is 4.84. The van der Waals surface area contributed by atoms with Crippen molar-refractivity contribution in [2.24, 2.45) is 5.10 Å². The summed E-state index contributed by atoms with van der Waals surface area (Å²) in [7, 11) is 0. The molecule has 154 valence electrons. The first kappa shape index (κ1) is 20.2. The molecule has 3 aromatic carbocycles. The average molecular weight is 409 g/mol. The van der Waals surface area contributed by atoms with Crippen molar-refractivity contribution in [3.63, 3.8) is 0 Å². The van der Waals surface area contributed by atoms with Gasteiger partial charge in [-0.05, 0) is 54.4 Å². The highest BCUT2D eigenvalue weighted by molar-refractivity contribution is 5.82. The molecule has 0 saturated heterocycles. The van der Waals surface area contributed by atoms with Gasteiger partial charge in [-0.25, -0.2) is 5.43 Å². The predicted octanol–water partition coefficient (Wildman–Crippen LogP) is 4.98. The third-order valence-corrected chi connectivity index (χ3v) is 4.84. The highest BCUT2D eigenvalue weighted by Crippen LogP contribution is 2.22. The Labute approximate surface area is 181 Å². The van der Waals surface area contributed by atoms with Crippen molar-refractivity contribution in [2.75, 3.05) is 6.61 Å². The van der Waals surface area contributed by atoms with E-state index in [-0.39, 0.29) is 12.5 Å². The van der Waals surface area contributed by atoms with Crippen LogP contribution in [0.25, 0.3) is 16.8 Å². The van der Waals surface area contributed by atoms with Gasteiger partial charge in [0.1, 0.15) is 5.75 Å². The maximum atomic E-state index is 12.1. The van der Waals surface area contributed by atoms with Crippen molar-refractivity contribution >= 4 is 12.1 Å². The predicted molar refractivity (Wildman–Crippen MR) is 124 cm³/mol. The summed E-state index contributed by atoms with van der Waals surface area (Å²) in [5.74, 6) is 0.310. The molecule has 0 atom stereocenters. The second kappa shape index (κ2) is 9.59. The number of nitrogens with one attached hydrogen (secondary N) is 1. The van der Waals surface area contributed by atoms with E-state index < -0.39 is 0 Å². The molecule has 0 spiro atoms. The summed E-state index contributed by atoms with van der Waals surface area (Å²) in [4.78, 5) is 12.1. The molecule has 1 heterocycles. The summed E-state index contributed by atoms with van der Waals surface area (Å²) >= 11 is 0. The zero-order chi connectivity index (χ0) is 21.5. The Hall–Kier alpha value is -4.12. The maximum Gasteiger partial charge on any atom is 0.277 e. The SMILES string of the molecule is Cc1ccc(/C=N\NC(=O)COc2ccc(-c3ccccc3)cc2)n1-c1ccccc1. The largest absolute Gasteiger partial charge is 0.484 e. The average Bonchev–Trinajstić information content (AvgIpc) is 3.19. The van der Waals surface area contributed by atoms with Gasteiger partial charge in [0.05, 0.1) is 11.9 Å². The molecule has 0 aliphatic heterocycles. The van der Waals surface area contributed by atoms with Crippen LogP contribution in [0.2, 0.25) is 0 Å². The summed E-state index contributed by atoms with van der Waals surface area (Å²) in [5.41, 5.74) is 7.75. The van der Waals surface area contributed by atoms with E-state index in [2.05, 4.69) is 27.2 Å². The number of carbonyl (C=O) groups excluding carboxylic acids is 1. The monoisotopic (exact) mass is 409 g/mol. The summed E-state index contributed by atoms with van der Waals surface area (Å²) in [6.07, 6.45) is 1.63. The van der Waals surface area contributed by atoms with E-state index in [9.17, 15) is 4.79 Å². The number of aromatic nitrogens is 1. The van der Waals surface area contributed by atoms with Crippen LogP contribution >= 0.6 is 0 Å². The molecule has 0 aliphatic carbocycles. The van der Waals surface area contributed by atoms with Crippen molar-refractivity contribution < 1.29 is 9.53 Å². The van der Waals surface area contributed by atoms with Gasteiger partial charge in [0.2, 0.25) is 0 Å². The maximum absolute atomic E-state index is 12.1. The van der Waals surface area contributed by atoms with Gasteiger partial charge in [-0.2, -0.15) is 5.10 Å². The van der Waals surface area contributed by atoms with E-state index in [1.807, 2.05) is 91.9 Å². The van der Waals surface area contributed by atoms with Crippen LogP contribution in [-0.2, 0) is 4.79 Å². The van der Waals surface area contributed by atoms with Crippen LogP contribution in [0.4, 0.5) is 0 Å². The van der Waals surface area contributed by atoms with Crippen molar-refractivity contribution in [1.29, 1.82) is 0 Å². The van der Waals surface area contributed by atoms with Crippen LogP contribution in [0, 0.1) is 6.92 Å². The lowest BCUT2D eigenvalue weighted by atomic mass is 10.1. The molecule has 1 aromatic heterocycles. The normalized spacial score (nSPS) is 10.9. The number of nitrogens with zero attached hydrogens (tertiary/aromatic N) is 2. The van der Waals surface area contributed by atoms with E-state index >= 15 is 0 Å². The molecule has 1 N–H and O–H groups in total. The van der Waals surface area contributed by atoms with Crippen LogP contribution in [0.3, 0.4) is 0 Å². The van der Waals surface area contributed by atoms with Crippen molar-refractivity contribution in [1.82, 2.24) is 9.99 Å². The number of ether oxygens (including phenoxy) is 1. The number of hydrogen-bond donors (Lipinski definition) is 1. The van der Waals surface area contributed by atoms with Gasteiger partial charge in [0.15, 0.2) is 6.61 Å². The number of para-hydroxylation sites is 1. The lowest BCUT2D eigenvalue weighted by Gasteiger charge is -2.09. The first-order valence-electron chi connectivity index (χ1n) is 10.0. The lowest BCUT2D eigenvalue weighted by molar-refractivity contribution is -0.123. The van der Waals surface area contributed by atoms with Gasteiger partial charge in [0.25, 0.3) is 5.91 Å². The van der Waals surface area contributed by atoms with Crippen LogP contribution in [0.15, 0.2) is 102 Å². The highest BCUT2D eigenvalue weighted by atomic mass is 16.5. The Morgan fingerprint density at radius 3 is 2.23 bits per heavy atom. The summed E-state index contributed by atoms with van der Waals surface area (Å²) in [5, 5.41) is 4.08. The fourth-order valence-electron chi connectivity index (χ4n) is 3.32. The van der Waals surface area contributed by atoms with E-state index in [4.69, 9.17) is 4.74 Å². The molecular formula is C26H23N3O2. The molecule has 31 heavy (non-hydrogen) atoms. The number of rotatable bonds is 7. The summed E-state index contributed by atoms with van der Waals surface area (Å²) in [6.45, 7) is 1.92. The molecule has 0 fully saturated rings. The van der Waals surface area contributed by atoms with Gasteiger partial charge in [-0.1, -0.05) is 60.7 Å². The lowest BCUT2D eigenvalue weighted by Crippen LogP contribution is -2.24. The minimum Gasteiger partial charge on any atom is -0.484 e. The molecule has 5 nitrogen and oxygen atoms in total. The molecule has 0 radical (unpaired) electrons. The van der Waals surface area contributed by atoms with Gasteiger partial charge in [-0.15, -0.1) is 0 Å². The fourth-order valence-corrected chi connectivity index (χ4v) is 3.32. The minimum absolute atomic E-state index is 0.110. The number of hydrogen-bond acceptors (Lipinski definition) is 3. The van der Waals surface area contributed by atoms with E-state index in [1.54, 1.807) is 6.21 Å². The molecule has 1 amide bonds. The Morgan fingerprint density at radius 2 is 1.52 bits per heavy atom. The molecule has 0 unspecified atom stereocenters. The number of benzene rings is 3. The quantitative estimate of drug-likeness (QED) is 0.346. The smallest absolute Gasteiger partial charge is 0.277 e. The first-order valence-corrected chi connectivity index (χ1v) is 10.0. The van der Waals surface area contributed by atoms with E-state index in [0.717, 1.165) is 28.2 Å². The van der Waals surface area contributed by atoms with E-state index in [1.165, 1.54) is 0 Å². The zero-order valence-electron chi connectivity index (χ0n) is 17.2. The van der Waals surface area contributed by atoms with Gasteiger partial charge in [-0.3, -0.25) is 4.79 Å². The molecule has 0 saturated carbocycles. The minimum atomic E-state index is -0.321. The second-order valence-electron chi connectivity index (χ2n) is 7.04. The molecule has 4 aromatic rings. The van der Waals surface area contributed by atoms with E-state index in [0.29, 0.717) is 5.75 Å². The molecule has 0 aliphatic rings. The Balaban J connectivity index is 1.32. The second-order valence-corrected chi connectivity index (χ2v) is 7.04. The van der Waals surface area contributed by atoms with Crippen LogP contribution in [-0.4, -0.2) is 23.3 Å². The molecule has 4 rings (SSSR count). The van der Waals surface area contributed by atoms with Crippen LogP contribution in [0.1, 0.15) is 11.4 Å². The topological polar surface area (TPSA) is 55.6 Å². The van der Waals surface area contributed by atoms with Gasteiger partial charge >= 0.3 is 0 Å². The fraction of sp³-hybridized carbons (Fsp3) is 0.0769. The summed E-state index contributed by atoms with van der Waals surface area (Å²) < 4.78 is 7.64. The Kier molecular flexibility index (Phi) is 6.24. The Bertz CT molecular complexity index is 1160. The van der Waals surface area contributed by atoms with Gasteiger partial charge in [0, 0.05) is 11.4 Å². The number of carbonyl (C=O) groups is 1. The highest BCUT2D eigenvalue weighted by Gasteiger charge is 2.06. The van der Waals surface area contributed by atoms with Gasteiger partial charge < -0.3 is 9.30 Å². The number of hydrazone groups is 1. The zero-order valence-corrected chi connectivity index (χ0v) is 17.2. The summed E-state index contributed by atoms with van der Waals surface area (Å²) in [6, 6.07) is 31.7. The number of amides is 1. The Morgan fingerprint density at radius 1 is 0.871 bits per heavy atom. The van der Waals surface area contributed by atoms with Crippen LogP contribution in [0.5, 0.6) is 5.75 Å². The molecule has 0 bridgehead atoms. The molecule has 5 heteroatoms.